The normalized spacial score (nSPS) is 10.4. The van der Waals surface area contributed by atoms with E-state index in [1.54, 1.807) is 6.07 Å². The largest absolute Gasteiger partial charge is 0.493 e. The molecule has 0 unspecified atom stereocenters. The minimum absolute atomic E-state index is 0.620. The van der Waals surface area contributed by atoms with Gasteiger partial charge in [-0.2, -0.15) is 0 Å². The predicted molar refractivity (Wildman–Crippen MR) is 65.1 cm³/mol. The van der Waals surface area contributed by atoms with Crippen LogP contribution in [0.4, 0.5) is 0 Å². The molecule has 1 aromatic rings. The number of para-hydroxylation sites is 1. The Balaban J connectivity index is 2.29. The van der Waals surface area contributed by atoms with Crippen LogP contribution in [0.5, 0.6) is 5.75 Å². The lowest BCUT2D eigenvalue weighted by atomic mass is 10.2. The number of ether oxygens (including phenoxy) is 1. The number of rotatable bonds is 7. The Morgan fingerprint density at radius 2 is 2.00 bits per heavy atom. The first-order valence-corrected chi connectivity index (χ1v) is 5.56. The molecule has 1 aromatic carbocycles. The zero-order chi connectivity index (χ0) is 11.8. The SMILES string of the molecule is CN(C)CCCCOc1ccccc1C=O. The van der Waals surface area contributed by atoms with E-state index in [9.17, 15) is 4.79 Å². The minimum atomic E-state index is 0.620. The van der Waals surface area contributed by atoms with E-state index < -0.39 is 0 Å². The molecule has 0 saturated heterocycles. The molecule has 0 aliphatic carbocycles. The fraction of sp³-hybridized carbons (Fsp3) is 0.462. The first-order valence-electron chi connectivity index (χ1n) is 5.56. The Kier molecular flexibility index (Phi) is 5.57. The van der Waals surface area contributed by atoms with Crippen LogP contribution in [-0.4, -0.2) is 38.4 Å². The molecule has 88 valence electrons. The van der Waals surface area contributed by atoms with E-state index in [2.05, 4.69) is 19.0 Å². The van der Waals surface area contributed by atoms with Gasteiger partial charge in [-0.3, -0.25) is 4.79 Å². The molecule has 0 atom stereocenters. The van der Waals surface area contributed by atoms with Crippen LogP contribution in [0.1, 0.15) is 23.2 Å². The Hall–Kier alpha value is -1.35. The smallest absolute Gasteiger partial charge is 0.153 e. The van der Waals surface area contributed by atoms with E-state index in [0.29, 0.717) is 17.9 Å². The van der Waals surface area contributed by atoms with Crippen molar-refractivity contribution in [3.63, 3.8) is 0 Å². The number of hydrogen-bond donors (Lipinski definition) is 0. The van der Waals surface area contributed by atoms with E-state index in [1.165, 1.54) is 0 Å². The topological polar surface area (TPSA) is 29.5 Å². The van der Waals surface area contributed by atoms with E-state index in [4.69, 9.17) is 4.74 Å². The number of benzene rings is 1. The van der Waals surface area contributed by atoms with Crippen LogP contribution in [0.25, 0.3) is 0 Å². The summed E-state index contributed by atoms with van der Waals surface area (Å²) in [6.07, 6.45) is 2.94. The fourth-order valence-electron chi connectivity index (χ4n) is 1.42. The molecule has 0 aliphatic rings. The van der Waals surface area contributed by atoms with E-state index in [-0.39, 0.29) is 0 Å². The Morgan fingerprint density at radius 3 is 2.69 bits per heavy atom. The van der Waals surface area contributed by atoms with Crippen molar-refractivity contribution in [3.05, 3.63) is 29.8 Å². The second-order valence-electron chi connectivity index (χ2n) is 4.01. The highest BCUT2D eigenvalue weighted by Gasteiger charge is 2.00. The fourth-order valence-corrected chi connectivity index (χ4v) is 1.42. The number of hydrogen-bond acceptors (Lipinski definition) is 3. The van der Waals surface area contributed by atoms with Crippen molar-refractivity contribution in [1.82, 2.24) is 4.90 Å². The molecule has 0 radical (unpaired) electrons. The zero-order valence-electron chi connectivity index (χ0n) is 9.98. The Labute approximate surface area is 97.0 Å². The summed E-state index contributed by atoms with van der Waals surface area (Å²) < 4.78 is 5.56. The van der Waals surface area contributed by atoms with Gasteiger partial charge in [-0.25, -0.2) is 0 Å². The van der Waals surface area contributed by atoms with E-state index in [0.717, 1.165) is 25.7 Å². The van der Waals surface area contributed by atoms with Crippen molar-refractivity contribution in [2.75, 3.05) is 27.2 Å². The summed E-state index contributed by atoms with van der Waals surface area (Å²) in [5.41, 5.74) is 0.620. The molecular weight excluding hydrogens is 202 g/mol. The first kappa shape index (κ1) is 12.7. The van der Waals surface area contributed by atoms with Gasteiger partial charge >= 0.3 is 0 Å². The molecule has 0 heterocycles. The molecule has 0 amide bonds. The summed E-state index contributed by atoms with van der Waals surface area (Å²) in [6.45, 7) is 1.73. The van der Waals surface area contributed by atoms with Gasteiger partial charge in [0.25, 0.3) is 0 Å². The van der Waals surface area contributed by atoms with Crippen LogP contribution in [0.3, 0.4) is 0 Å². The molecule has 3 heteroatoms. The first-order chi connectivity index (χ1) is 7.74. The van der Waals surface area contributed by atoms with E-state index >= 15 is 0 Å². The standard InChI is InChI=1S/C13H19NO2/c1-14(2)9-5-6-10-16-13-8-4-3-7-12(13)11-15/h3-4,7-8,11H,5-6,9-10H2,1-2H3. The zero-order valence-corrected chi connectivity index (χ0v) is 9.98. The van der Waals surface area contributed by atoms with Gasteiger partial charge < -0.3 is 9.64 Å². The number of carbonyl (C=O) groups is 1. The summed E-state index contributed by atoms with van der Waals surface area (Å²) in [6, 6.07) is 7.31. The molecule has 0 N–H and O–H groups in total. The highest BCUT2D eigenvalue weighted by molar-refractivity contribution is 5.79. The molecule has 1 rings (SSSR count). The monoisotopic (exact) mass is 221 g/mol. The van der Waals surface area contributed by atoms with Gasteiger partial charge in [0, 0.05) is 0 Å². The summed E-state index contributed by atoms with van der Waals surface area (Å²) in [5, 5.41) is 0. The Bertz CT molecular complexity index is 323. The summed E-state index contributed by atoms with van der Waals surface area (Å²) in [4.78, 5) is 12.9. The van der Waals surface area contributed by atoms with E-state index in [1.807, 2.05) is 18.2 Å². The van der Waals surface area contributed by atoms with Gasteiger partial charge in [0.05, 0.1) is 12.2 Å². The van der Waals surface area contributed by atoms with Gasteiger partial charge in [0.15, 0.2) is 6.29 Å². The van der Waals surface area contributed by atoms with Crippen molar-refractivity contribution in [2.24, 2.45) is 0 Å². The maximum atomic E-state index is 10.7. The maximum Gasteiger partial charge on any atom is 0.153 e. The van der Waals surface area contributed by atoms with Crippen molar-refractivity contribution in [1.29, 1.82) is 0 Å². The lowest BCUT2D eigenvalue weighted by Gasteiger charge is -2.10. The van der Waals surface area contributed by atoms with Crippen molar-refractivity contribution >= 4 is 6.29 Å². The van der Waals surface area contributed by atoms with Crippen LogP contribution in [0.2, 0.25) is 0 Å². The minimum Gasteiger partial charge on any atom is -0.493 e. The third kappa shape index (κ3) is 4.45. The van der Waals surface area contributed by atoms with Crippen LogP contribution in [0, 0.1) is 0 Å². The van der Waals surface area contributed by atoms with Crippen molar-refractivity contribution in [3.8, 4) is 5.75 Å². The average Bonchev–Trinajstić information content (AvgIpc) is 2.29. The highest BCUT2D eigenvalue weighted by Crippen LogP contribution is 2.15. The quantitative estimate of drug-likeness (QED) is 0.522. The van der Waals surface area contributed by atoms with Crippen molar-refractivity contribution in [2.45, 2.75) is 12.8 Å². The van der Waals surface area contributed by atoms with Crippen molar-refractivity contribution < 1.29 is 9.53 Å². The molecule has 0 aromatic heterocycles. The molecule has 0 fully saturated rings. The third-order valence-corrected chi connectivity index (χ3v) is 2.30. The molecular formula is C13H19NO2. The number of aldehydes is 1. The molecule has 0 spiro atoms. The summed E-state index contributed by atoms with van der Waals surface area (Å²) in [5.74, 6) is 0.683. The second-order valence-corrected chi connectivity index (χ2v) is 4.01. The Morgan fingerprint density at radius 1 is 1.25 bits per heavy atom. The molecule has 3 nitrogen and oxygen atoms in total. The number of unbranched alkanes of at least 4 members (excludes halogenated alkanes) is 1. The second kappa shape index (κ2) is 7.01. The molecule has 0 aliphatic heterocycles. The summed E-state index contributed by atoms with van der Waals surface area (Å²) >= 11 is 0. The van der Waals surface area contributed by atoms with Crippen LogP contribution in [0.15, 0.2) is 24.3 Å². The maximum absolute atomic E-state index is 10.7. The van der Waals surface area contributed by atoms with Crippen LogP contribution in [-0.2, 0) is 0 Å². The predicted octanol–water partition coefficient (Wildman–Crippen LogP) is 2.22. The highest BCUT2D eigenvalue weighted by atomic mass is 16.5. The third-order valence-electron chi connectivity index (χ3n) is 2.30. The number of carbonyl (C=O) groups excluding carboxylic acids is 1. The van der Waals surface area contributed by atoms with Gasteiger partial charge in [0.1, 0.15) is 5.75 Å². The molecule has 0 bridgehead atoms. The van der Waals surface area contributed by atoms with Crippen LogP contribution < -0.4 is 4.74 Å². The van der Waals surface area contributed by atoms with Gasteiger partial charge in [-0.15, -0.1) is 0 Å². The summed E-state index contributed by atoms with van der Waals surface area (Å²) in [7, 11) is 4.12. The lowest BCUT2D eigenvalue weighted by Crippen LogP contribution is -2.13. The molecule has 0 saturated carbocycles. The number of nitrogens with zero attached hydrogens (tertiary/aromatic N) is 1. The van der Waals surface area contributed by atoms with Crippen LogP contribution >= 0.6 is 0 Å². The average molecular weight is 221 g/mol. The van der Waals surface area contributed by atoms with Gasteiger partial charge in [-0.1, -0.05) is 12.1 Å². The lowest BCUT2D eigenvalue weighted by molar-refractivity contribution is 0.111. The van der Waals surface area contributed by atoms with Gasteiger partial charge in [-0.05, 0) is 45.6 Å². The molecule has 16 heavy (non-hydrogen) atoms. The van der Waals surface area contributed by atoms with Gasteiger partial charge in [0.2, 0.25) is 0 Å².